The minimum Gasteiger partial charge on any atom is -0.325 e. The van der Waals surface area contributed by atoms with Crippen molar-refractivity contribution in [3.8, 4) is 0 Å². The first-order valence-corrected chi connectivity index (χ1v) is 12.0. The van der Waals surface area contributed by atoms with Crippen LogP contribution in [0.15, 0.2) is 29.2 Å². The second-order valence-corrected chi connectivity index (χ2v) is 9.56. The summed E-state index contributed by atoms with van der Waals surface area (Å²) in [7, 11) is -4.09. The monoisotopic (exact) mass is 397 g/mol. The molecule has 1 aromatic rings. The van der Waals surface area contributed by atoms with Gasteiger partial charge in [0.05, 0.1) is 4.90 Å². The fourth-order valence-corrected chi connectivity index (χ4v) is 4.35. The van der Waals surface area contributed by atoms with Gasteiger partial charge in [0, 0.05) is 5.54 Å². The van der Waals surface area contributed by atoms with Crippen LogP contribution in [0.25, 0.3) is 0 Å². The Bertz CT molecular complexity index is 618. The smallest absolute Gasteiger partial charge is 0.294 e. The maximum absolute atomic E-state index is 11.2. The van der Waals surface area contributed by atoms with E-state index < -0.39 is 10.1 Å². The van der Waals surface area contributed by atoms with Gasteiger partial charge in [-0.05, 0) is 44.2 Å². The zero-order valence-electron chi connectivity index (χ0n) is 17.3. The summed E-state index contributed by atoms with van der Waals surface area (Å²) in [5, 5.41) is 0. The molecule has 0 aliphatic heterocycles. The van der Waals surface area contributed by atoms with E-state index in [1.807, 2.05) is 6.07 Å². The molecule has 0 spiro atoms. The molecule has 1 aliphatic rings. The van der Waals surface area contributed by atoms with Crippen molar-refractivity contribution in [2.24, 2.45) is 5.73 Å². The molecule has 2 rings (SSSR count). The van der Waals surface area contributed by atoms with E-state index in [1.54, 1.807) is 12.1 Å². The third kappa shape index (κ3) is 10.9. The summed E-state index contributed by atoms with van der Waals surface area (Å²) in [6, 6.07) is 6.69. The Morgan fingerprint density at radius 1 is 0.963 bits per heavy atom. The van der Waals surface area contributed by atoms with Crippen LogP contribution in [0.5, 0.6) is 0 Å². The Balaban J connectivity index is 0.000000377. The van der Waals surface area contributed by atoms with Crippen molar-refractivity contribution in [2.45, 2.75) is 108 Å². The van der Waals surface area contributed by atoms with Crippen molar-refractivity contribution < 1.29 is 13.0 Å². The Morgan fingerprint density at radius 3 is 2.04 bits per heavy atom. The number of benzene rings is 1. The van der Waals surface area contributed by atoms with Gasteiger partial charge in [0.1, 0.15) is 0 Å². The van der Waals surface area contributed by atoms with Crippen molar-refractivity contribution in [3.05, 3.63) is 29.8 Å². The van der Waals surface area contributed by atoms with Crippen LogP contribution in [0.2, 0.25) is 0 Å². The van der Waals surface area contributed by atoms with Gasteiger partial charge in [0.25, 0.3) is 10.1 Å². The van der Waals surface area contributed by atoms with Crippen molar-refractivity contribution in [1.82, 2.24) is 0 Å². The molecule has 0 unspecified atom stereocenters. The van der Waals surface area contributed by atoms with Crippen LogP contribution in [-0.2, 0) is 16.5 Å². The molecule has 1 fully saturated rings. The molecule has 1 aliphatic carbocycles. The number of hydrogen-bond donors (Lipinski definition) is 2. The Kier molecular flexibility index (Phi) is 11.2. The summed E-state index contributed by atoms with van der Waals surface area (Å²) >= 11 is 0. The highest BCUT2D eigenvalue weighted by Crippen LogP contribution is 2.24. The minimum atomic E-state index is -4.09. The van der Waals surface area contributed by atoms with Crippen molar-refractivity contribution in [2.75, 3.05) is 0 Å². The number of unbranched alkanes of at least 4 members (excludes halogenated alkanes) is 6. The van der Waals surface area contributed by atoms with Crippen LogP contribution in [0.4, 0.5) is 0 Å². The van der Waals surface area contributed by atoms with Crippen molar-refractivity contribution in [1.29, 1.82) is 0 Å². The van der Waals surface area contributed by atoms with Crippen LogP contribution < -0.4 is 5.73 Å². The Hall–Kier alpha value is -0.910. The molecule has 0 radical (unpaired) electrons. The van der Waals surface area contributed by atoms with Crippen LogP contribution in [0.1, 0.15) is 96.5 Å². The summed E-state index contributed by atoms with van der Waals surface area (Å²) in [4.78, 5) is 0.0565. The van der Waals surface area contributed by atoms with E-state index in [-0.39, 0.29) is 10.4 Å². The molecule has 5 heteroatoms. The molecule has 0 aromatic heterocycles. The number of nitrogens with two attached hydrogens (primary N) is 1. The summed E-state index contributed by atoms with van der Waals surface area (Å²) in [6.45, 7) is 4.36. The molecular formula is C22H39NO3S. The van der Waals surface area contributed by atoms with Crippen LogP contribution >= 0.6 is 0 Å². The average molecular weight is 398 g/mol. The quantitative estimate of drug-likeness (QED) is 0.402. The fraction of sp³-hybridized carbons (Fsp3) is 0.727. The highest BCUT2D eigenvalue weighted by molar-refractivity contribution is 7.85. The van der Waals surface area contributed by atoms with Gasteiger partial charge >= 0.3 is 0 Å². The largest absolute Gasteiger partial charge is 0.325 e. The lowest BCUT2D eigenvalue weighted by molar-refractivity contribution is 0.322. The second kappa shape index (κ2) is 12.5. The van der Waals surface area contributed by atoms with E-state index in [0.29, 0.717) is 6.42 Å². The van der Waals surface area contributed by atoms with Gasteiger partial charge in [-0.25, -0.2) is 0 Å². The van der Waals surface area contributed by atoms with Gasteiger partial charge in [0.15, 0.2) is 0 Å². The zero-order chi connectivity index (χ0) is 20.2. The topological polar surface area (TPSA) is 80.4 Å². The highest BCUT2D eigenvalue weighted by atomic mass is 32.2. The lowest BCUT2D eigenvalue weighted by Gasteiger charge is -2.28. The van der Waals surface area contributed by atoms with Crippen LogP contribution in [0.3, 0.4) is 0 Å². The highest BCUT2D eigenvalue weighted by Gasteiger charge is 2.20. The second-order valence-electron chi connectivity index (χ2n) is 8.17. The molecule has 156 valence electrons. The van der Waals surface area contributed by atoms with Crippen LogP contribution in [-0.4, -0.2) is 18.5 Å². The maximum Gasteiger partial charge on any atom is 0.294 e. The Morgan fingerprint density at radius 2 is 1.52 bits per heavy atom. The first-order valence-electron chi connectivity index (χ1n) is 10.6. The molecule has 0 saturated heterocycles. The third-order valence-electron chi connectivity index (χ3n) is 5.30. The fourth-order valence-electron chi connectivity index (χ4n) is 3.59. The van der Waals surface area contributed by atoms with Gasteiger partial charge < -0.3 is 5.73 Å². The lowest BCUT2D eigenvalue weighted by Crippen LogP contribution is -2.37. The number of aryl methyl sites for hydroxylation is 1. The van der Waals surface area contributed by atoms with Gasteiger partial charge in [0.2, 0.25) is 0 Å². The normalized spacial score (nSPS) is 16.4. The number of hydrogen-bond acceptors (Lipinski definition) is 3. The SMILES string of the molecule is CC1(N)CCCCC1.CCCCCCCCCc1ccccc1S(=O)(=O)O. The maximum atomic E-state index is 11.2. The molecule has 0 heterocycles. The standard InChI is InChI=1S/C15H24O3S.C7H15N/c1-2-3-4-5-6-7-8-11-14-12-9-10-13-15(14)19(16,17)18;1-7(8)5-3-2-4-6-7/h9-10,12-13H,2-8,11H2,1H3,(H,16,17,18);2-6,8H2,1H3. The molecule has 1 saturated carbocycles. The predicted octanol–water partition coefficient (Wildman–Crippen LogP) is 5.89. The van der Waals surface area contributed by atoms with E-state index in [1.165, 1.54) is 70.3 Å². The third-order valence-corrected chi connectivity index (χ3v) is 6.25. The Labute approximate surface area is 166 Å². The first-order chi connectivity index (χ1) is 12.8. The van der Waals surface area contributed by atoms with E-state index >= 15 is 0 Å². The lowest BCUT2D eigenvalue weighted by atomic mass is 9.84. The van der Waals surface area contributed by atoms with Crippen molar-refractivity contribution >= 4 is 10.1 Å². The summed E-state index contributed by atoms with van der Waals surface area (Å²) in [6.07, 6.45) is 15.6. The summed E-state index contributed by atoms with van der Waals surface area (Å²) in [5.41, 5.74) is 6.78. The van der Waals surface area contributed by atoms with E-state index in [2.05, 4.69) is 13.8 Å². The van der Waals surface area contributed by atoms with E-state index in [4.69, 9.17) is 10.3 Å². The molecule has 0 bridgehead atoms. The molecule has 0 amide bonds. The first kappa shape index (κ1) is 24.1. The molecule has 1 aromatic carbocycles. The average Bonchev–Trinajstić information content (AvgIpc) is 2.61. The van der Waals surface area contributed by atoms with Crippen molar-refractivity contribution in [3.63, 3.8) is 0 Å². The summed E-state index contributed by atoms with van der Waals surface area (Å²) < 4.78 is 31.6. The van der Waals surface area contributed by atoms with Gasteiger partial charge in [-0.2, -0.15) is 8.42 Å². The van der Waals surface area contributed by atoms with Gasteiger partial charge in [-0.1, -0.05) is 82.9 Å². The molecule has 3 N–H and O–H groups in total. The van der Waals surface area contributed by atoms with Crippen LogP contribution in [0, 0.1) is 0 Å². The predicted molar refractivity (Wildman–Crippen MR) is 114 cm³/mol. The molecule has 4 nitrogen and oxygen atoms in total. The minimum absolute atomic E-state index is 0.0565. The number of rotatable bonds is 9. The molecule has 27 heavy (non-hydrogen) atoms. The molecular weight excluding hydrogens is 358 g/mol. The molecule has 0 atom stereocenters. The van der Waals surface area contributed by atoms with Gasteiger partial charge in [-0.3, -0.25) is 4.55 Å². The zero-order valence-corrected chi connectivity index (χ0v) is 18.1. The van der Waals surface area contributed by atoms with E-state index in [0.717, 1.165) is 18.4 Å². The van der Waals surface area contributed by atoms with E-state index in [9.17, 15) is 8.42 Å². The van der Waals surface area contributed by atoms with Gasteiger partial charge in [-0.15, -0.1) is 0 Å². The summed E-state index contributed by atoms with van der Waals surface area (Å²) in [5.74, 6) is 0.